The maximum atomic E-state index is 8.55. The third-order valence-electron chi connectivity index (χ3n) is 4.25. The van der Waals surface area contributed by atoms with E-state index in [0.717, 1.165) is 24.6 Å². The highest BCUT2D eigenvalue weighted by Crippen LogP contribution is 2.42. The number of nitrogens with zero attached hydrogens (tertiary/aromatic N) is 3. The van der Waals surface area contributed by atoms with Gasteiger partial charge in [-0.2, -0.15) is 10.2 Å². The number of rotatable bonds is 3. The molecule has 1 aliphatic carbocycles. The van der Waals surface area contributed by atoms with Crippen molar-refractivity contribution < 1.29 is 4.52 Å². The molecule has 0 amide bonds. The quantitative estimate of drug-likeness (QED) is 0.829. The van der Waals surface area contributed by atoms with Crippen molar-refractivity contribution in [1.29, 1.82) is 5.26 Å². The minimum Gasteiger partial charge on any atom is -0.339 e. The van der Waals surface area contributed by atoms with E-state index >= 15 is 0 Å². The van der Waals surface area contributed by atoms with Crippen LogP contribution in [0.2, 0.25) is 0 Å². The summed E-state index contributed by atoms with van der Waals surface area (Å²) in [6, 6.07) is 2.10. The Kier molecular flexibility index (Phi) is 4.24. The fourth-order valence-corrected chi connectivity index (χ4v) is 2.92. The van der Waals surface area contributed by atoms with Gasteiger partial charge < -0.3 is 4.52 Å². The van der Waals surface area contributed by atoms with E-state index in [-0.39, 0.29) is 0 Å². The van der Waals surface area contributed by atoms with Crippen molar-refractivity contribution in [1.82, 2.24) is 10.1 Å². The smallest absolute Gasteiger partial charge is 0.227 e. The maximum absolute atomic E-state index is 8.55. The molecule has 1 aromatic heterocycles. The third-order valence-corrected chi connectivity index (χ3v) is 4.25. The second-order valence-electron chi connectivity index (χ2n) is 6.62. The number of hydrogen-bond donors (Lipinski definition) is 0. The molecule has 1 heterocycles. The summed E-state index contributed by atoms with van der Waals surface area (Å²) in [7, 11) is 0. The summed E-state index contributed by atoms with van der Waals surface area (Å²) in [4.78, 5) is 4.43. The molecule has 0 spiro atoms. The van der Waals surface area contributed by atoms with Crippen LogP contribution in [0.1, 0.15) is 70.5 Å². The van der Waals surface area contributed by atoms with E-state index < -0.39 is 0 Å². The van der Waals surface area contributed by atoms with Gasteiger partial charge in [-0.25, -0.2) is 0 Å². The normalized spacial score (nSPS) is 24.1. The Labute approximate surface area is 115 Å². The first-order chi connectivity index (χ1) is 9.00. The lowest BCUT2D eigenvalue weighted by molar-refractivity contribution is 0.166. The Balaban J connectivity index is 1.91. The van der Waals surface area contributed by atoms with Crippen LogP contribution in [0.15, 0.2) is 4.52 Å². The van der Waals surface area contributed by atoms with Crippen LogP contribution in [-0.4, -0.2) is 10.1 Å². The van der Waals surface area contributed by atoms with Gasteiger partial charge in [0.1, 0.15) is 0 Å². The first kappa shape index (κ1) is 14.0. The van der Waals surface area contributed by atoms with Crippen LogP contribution in [0, 0.1) is 22.7 Å². The molecule has 2 rings (SSSR count). The van der Waals surface area contributed by atoms with Crippen LogP contribution in [0.25, 0.3) is 0 Å². The molecule has 4 heteroatoms. The molecule has 0 saturated heterocycles. The van der Waals surface area contributed by atoms with Crippen LogP contribution >= 0.6 is 0 Å². The van der Waals surface area contributed by atoms with Crippen molar-refractivity contribution in [2.24, 2.45) is 11.3 Å². The van der Waals surface area contributed by atoms with Crippen LogP contribution in [-0.2, 0) is 6.42 Å². The molecule has 1 fully saturated rings. The van der Waals surface area contributed by atoms with Crippen LogP contribution in [0.4, 0.5) is 0 Å². The average molecular weight is 261 g/mol. The molecule has 0 atom stereocenters. The van der Waals surface area contributed by atoms with Crippen LogP contribution in [0.3, 0.4) is 0 Å². The molecule has 0 N–H and O–H groups in total. The number of nitriles is 1. The molecule has 1 aliphatic rings. The minimum absolute atomic E-state index is 0.403. The molecule has 0 aromatic carbocycles. The van der Waals surface area contributed by atoms with E-state index in [1.807, 2.05) is 0 Å². The first-order valence-electron chi connectivity index (χ1n) is 7.20. The van der Waals surface area contributed by atoms with Gasteiger partial charge in [0.15, 0.2) is 5.82 Å². The Morgan fingerprint density at radius 1 is 1.26 bits per heavy atom. The van der Waals surface area contributed by atoms with E-state index in [9.17, 15) is 0 Å². The van der Waals surface area contributed by atoms with Crippen molar-refractivity contribution in [2.75, 3.05) is 0 Å². The Morgan fingerprint density at radius 2 is 1.95 bits per heavy atom. The van der Waals surface area contributed by atoms with Crippen LogP contribution in [0.5, 0.6) is 0 Å². The highest BCUT2D eigenvalue weighted by atomic mass is 16.5. The molecule has 0 radical (unpaired) electrons. The lowest BCUT2D eigenvalue weighted by Crippen LogP contribution is -2.25. The second-order valence-corrected chi connectivity index (χ2v) is 6.62. The molecule has 1 aromatic rings. The predicted octanol–water partition coefficient (Wildman–Crippen LogP) is 3.85. The van der Waals surface area contributed by atoms with Gasteiger partial charge >= 0.3 is 0 Å². The SMILES string of the molecule is CC(C)(C)C1CCC(c2noc(CCC#N)n2)CC1. The lowest BCUT2D eigenvalue weighted by atomic mass is 9.70. The predicted molar refractivity (Wildman–Crippen MR) is 72.4 cm³/mol. The van der Waals surface area contributed by atoms with E-state index in [1.54, 1.807) is 0 Å². The van der Waals surface area contributed by atoms with E-state index in [4.69, 9.17) is 9.78 Å². The van der Waals surface area contributed by atoms with E-state index in [1.165, 1.54) is 12.8 Å². The average Bonchev–Trinajstić information content (AvgIpc) is 2.84. The zero-order valence-electron chi connectivity index (χ0n) is 12.1. The van der Waals surface area contributed by atoms with Gasteiger partial charge in [0.25, 0.3) is 0 Å². The third kappa shape index (κ3) is 3.56. The molecule has 19 heavy (non-hydrogen) atoms. The number of aryl methyl sites for hydroxylation is 1. The van der Waals surface area contributed by atoms with Gasteiger partial charge in [-0.05, 0) is 37.0 Å². The molecule has 0 bridgehead atoms. The molecular weight excluding hydrogens is 238 g/mol. The lowest BCUT2D eigenvalue weighted by Gasteiger charge is -2.36. The zero-order valence-corrected chi connectivity index (χ0v) is 12.1. The summed E-state index contributed by atoms with van der Waals surface area (Å²) in [5.41, 5.74) is 0.403. The minimum atomic E-state index is 0.403. The summed E-state index contributed by atoms with van der Waals surface area (Å²) < 4.78 is 5.20. The summed E-state index contributed by atoms with van der Waals surface area (Å²) >= 11 is 0. The Hall–Kier alpha value is -1.37. The van der Waals surface area contributed by atoms with Crippen molar-refractivity contribution >= 4 is 0 Å². The summed E-state index contributed by atoms with van der Waals surface area (Å²) in [6.45, 7) is 6.98. The second kappa shape index (κ2) is 5.73. The standard InChI is InChI=1S/C15H23N3O/c1-15(2,3)12-8-6-11(7-9-12)14-17-13(19-18-14)5-4-10-16/h11-12H,4-9H2,1-3H3. The molecule has 4 nitrogen and oxygen atoms in total. The van der Waals surface area contributed by atoms with Gasteiger partial charge in [-0.3, -0.25) is 0 Å². The van der Waals surface area contributed by atoms with Crippen molar-refractivity contribution in [2.45, 2.75) is 65.2 Å². The topological polar surface area (TPSA) is 62.7 Å². The Bertz CT molecular complexity index is 445. The Morgan fingerprint density at radius 3 is 2.53 bits per heavy atom. The van der Waals surface area contributed by atoms with Gasteiger partial charge in [0.05, 0.1) is 6.07 Å². The van der Waals surface area contributed by atoms with E-state index in [2.05, 4.69) is 37.0 Å². The zero-order chi connectivity index (χ0) is 13.9. The van der Waals surface area contributed by atoms with Gasteiger partial charge in [-0.1, -0.05) is 25.9 Å². The molecule has 0 aliphatic heterocycles. The summed E-state index contributed by atoms with van der Waals surface area (Å²) in [6.07, 6.45) is 5.81. The number of aromatic nitrogens is 2. The van der Waals surface area contributed by atoms with Gasteiger partial charge in [0, 0.05) is 18.8 Å². The van der Waals surface area contributed by atoms with E-state index in [0.29, 0.717) is 30.1 Å². The van der Waals surface area contributed by atoms with Crippen molar-refractivity contribution in [3.05, 3.63) is 11.7 Å². The highest BCUT2D eigenvalue weighted by Gasteiger charge is 2.31. The summed E-state index contributed by atoms with van der Waals surface area (Å²) in [5.74, 6) is 2.70. The van der Waals surface area contributed by atoms with Gasteiger partial charge in [-0.15, -0.1) is 0 Å². The number of hydrogen-bond acceptors (Lipinski definition) is 4. The molecular formula is C15H23N3O. The van der Waals surface area contributed by atoms with Gasteiger partial charge in [0.2, 0.25) is 5.89 Å². The first-order valence-corrected chi connectivity index (χ1v) is 7.20. The maximum Gasteiger partial charge on any atom is 0.227 e. The highest BCUT2D eigenvalue weighted by molar-refractivity contribution is 4.99. The van der Waals surface area contributed by atoms with Crippen LogP contribution < -0.4 is 0 Å². The molecule has 104 valence electrons. The fourth-order valence-electron chi connectivity index (χ4n) is 2.92. The fraction of sp³-hybridized carbons (Fsp3) is 0.800. The van der Waals surface area contributed by atoms with Crippen molar-refractivity contribution in [3.8, 4) is 6.07 Å². The monoisotopic (exact) mass is 261 g/mol. The largest absolute Gasteiger partial charge is 0.339 e. The summed E-state index contributed by atoms with van der Waals surface area (Å²) in [5, 5.41) is 12.6. The molecule has 0 unspecified atom stereocenters. The van der Waals surface area contributed by atoms with Crippen molar-refractivity contribution in [3.63, 3.8) is 0 Å². The molecule has 1 saturated carbocycles.